The monoisotopic (exact) mass is 1290 g/mol. The topological polar surface area (TPSA) is 0 Å². The molecule has 8 aromatic rings. The van der Waals surface area contributed by atoms with Gasteiger partial charge in [-0.3, -0.25) is 0 Å². The van der Waals surface area contributed by atoms with E-state index < -0.39 is 0 Å². The van der Waals surface area contributed by atoms with Gasteiger partial charge in [0.2, 0.25) is 0 Å². The molecular formula is C52H32Br8. The molecule has 0 heterocycles. The van der Waals surface area contributed by atoms with Gasteiger partial charge in [0.05, 0.1) is 0 Å². The van der Waals surface area contributed by atoms with E-state index in [0.717, 1.165) is 35.8 Å². The van der Waals surface area contributed by atoms with Crippen LogP contribution in [0.5, 0.6) is 0 Å². The molecule has 0 aliphatic heterocycles. The van der Waals surface area contributed by atoms with Gasteiger partial charge in [0, 0.05) is 35.8 Å². The summed E-state index contributed by atoms with van der Waals surface area (Å²) in [5.41, 5.74) is 14.1. The summed E-state index contributed by atoms with van der Waals surface area (Å²) in [4.78, 5) is 0. The molecule has 0 aromatic heterocycles. The average Bonchev–Trinajstić information content (AvgIpc) is 3.26. The van der Waals surface area contributed by atoms with Crippen molar-refractivity contribution in [3.05, 3.63) is 274 Å². The predicted octanol–water partition coefficient (Wildman–Crippen LogP) is 19.5. The molecule has 8 aromatic carbocycles. The Kier molecular flexibility index (Phi) is 16.1. The Hall–Kier alpha value is -2.92. The summed E-state index contributed by atoms with van der Waals surface area (Å²) in [7, 11) is 0. The van der Waals surface area contributed by atoms with E-state index in [1.807, 2.05) is 0 Å². The van der Waals surface area contributed by atoms with Crippen LogP contribution >= 0.6 is 127 Å². The van der Waals surface area contributed by atoms with Gasteiger partial charge in [0.1, 0.15) is 0 Å². The summed E-state index contributed by atoms with van der Waals surface area (Å²) in [6, 6.07) is 68.1. The lowest BCUT2D eigenvalue weighted by Crippen LogP contribution is -1.97. The fourth-order valence-corrected chi connectivity index (χ4v) is 8.87. The molecule has 0 N–H and O–H groups in total. The van der Waals surface area contributed by atoms with Crippen molar-refractivity contribution in [1.82, 2.24) is 0 Å². The van der Waals surface area contributed by atoms with Gasteiger partial charge >= 0.3 is 0 Å². The summed E-state index contributed by atoms with van der Waals surface area (Å²) in [5, 5.41) is 0. The number of rotatable bonds is 8. The predicted molar refractivity (Wildman–Crippen MR) is 283 cm³/mol. The van der Waals surface area contributed by atoms with E-state index in [4.69, 9.17) is 0 Å². The summed E-state index contributed by atoms with van der Waals surface area (Å²) >= 11 is 28.6. The Bertz CT molecular complexity index is 2160. The first-order chi connectivity index (χ1) is 29.0. The minimum absolute atomic E-state index is 1.07. The highest BCUT2D eigenvalue weighted by Crippen LogP contribution is 2.40. The summed E-state index contributed by atoms with van der Waals surface area (Å²) in [6.07, 6.45) is 0. The van der Waals surface area contributed by atoms with Gasteiger partial charge in [-0.05, 0) is 164 Å². The molecule has 0 spiro atoms. The summed E-state index contributed by atoms with van der Waals surface area (Å²) in [6.45, 7) is 0. The van der Waals surface area contributed by atoms with Crippen LogP contribution < -0.4 is 0 Å². The Morgan fingerprint density at radius 1 is 0.150 bits per heavy atom. The van der Waals surface area contributed by atoms with E-state index in [1.165, 1.54) is 66.8 Å². The van der Waals surface area contributed by atoms with E-state index in [1.54, 1.807) is 0 Å². The van der Waals surface area contributed by atoms with Crippen LogP contribution in [0.25, 0.3) is 22.3 Å². The molecule has 0 unspecified atom stereocenters. The van der Waals surface area contributed by atoms with Crippen LogP contribution in [0.1, 0.15) is 44.5 Å². The third-order valence-corrected chi connectivity index (χ3v) is 13.8. The molecule has 60 heavy (non-hydrogen) atoms. The second-order valence-corrected chi connectivity index (χ2v) is 20.9. The second-order valence-electron chi connectivity index (χ2n) is 13.6. The fourth-order valence-electron chi connectivity index (χ4n) is 6.75. The zero-order valence-corrected chi connectivity index (χ0v) is 44.2. The van der Waals surface area contributed by atoms with E-state index >= 15 is 0 Å². The Labute approximate surface area is 419 Å². The smallest absolute Gasteiger partial charge is 0.0175 e. The van der Waals surface area contributed by atoms with E-state index in [2.05, 4.69) is 322 Å². The minimum Gasteiger partial charge on any atom is -0.0532 e. The molecule has 0 bridgehead atoms. The van der Waals surface area contributed by atoms with Crippen LogP contribution in [-0.2, 0) is 0 Å². The standard InChI is InChI=1S/2C26H16Br4/c2*27-21-9-1-17(2-10-21)25(18-3-11-22(28)12-4-18)26(19-5-13-23(29)14-6-19)20-7-15-24(30)16-8-20/h2*1-16H. The van der Waals surface area contributed by atoms with Crippen molar-refractivity contribution < 1.29 is 0 Å². The number of halogens is 8. The lowest BCUT2D eigenvalue weighted by atomic mass is 9.86. The SMILES string of the molecule is Brc1ccc(C(=C(c2ccc(Br)cc2)c2ccc(Br)cc2)c2ccc(Br)cc2)cc1.Brc1ccc(C(=C(c2ccc(Br)cc2)c2ccc(Br)cc2)c2ccc(Br)cc2)cc1. The maximum absolute atomic E-state index is 3.57. The van der Waals surface area contributed by atoms with Crippen LogP contribution in [0.15, 0.2) is 230 Å². The van der Waals surface area contributed by atoms with Gasteiger partial charge < -0.3 is 0 Å². The molecule has 8 heteroatoms. The average molecular weight is 1300 g/mol. The Morgan fingerprint density at radius 2 is 0.233 bits per heavy atom. The van der Waals surface area contributed by atoms with E-state index in [9.17, 15) is 0 Å². The molecule has 296 valence electrons. The lowest BCUT2D eigenvalue weighted by molar-refractivity contribution is 1.48. The van der Waals surface area contributed by atoms with Gasteiger partial charge in [-0.2, -0.15) is 0 Å². The molecule has 0 aliphatic rings. The second kappa shape index (κ2) is 21.4. The van der Waals surface area contributed by atoms with Gasteiger partial charge in [-0.15, -0.1) is 0 Å². The third-order valence-electron chi connectivity index (χ3n) is 9.56. The van der Waals surface area contributed by atoms with Crippen molar-refractivity contribution in [3.63, 3.8) is 0 Å². The highest BCUT2D eigenvalue weighted by molar-refractivity contribution is 9.11. The molecule has 0 aliphatic carbocycles. The van der Waals surface area contributed by atoms with E-state index in [-0.39, 0.29) is 0 Å². The fraction of sp³-hybridized carbons (Fsp3) is 0. The van der Waals surface area contributed by atoms with Gasteiger partial charge in [0.15, 0.2) is 0 Å². The van der Waals surface area contributed by atoms with Crippen molar-refractivity contribution in [1.29, 1.82) is 0 Å². The molecule has 0 radical (unpaired) electrons. The minimum atomic E-state index is 1.07. The van der Waals surface area contributed by atoms with Crippen LogP contribution in [0.3, 0.4) is 0 Å². The molecule has 0 saturated carbocycles. The first kappa shape index (κ1) is 45.1. The lowest BCUT2D eigenvalue weighted by Gasteiger charge is -2.18. The van der Waals surface area contributed by atoms with Crippen LogP contribution in [0, 0.1) is 0 Å². The maximum Gasteiger partial charge on any atom is 0.0175 e. The van der Waals surface area contributed by atoms with Crippen molar-refractivity contribution in [2.75, 3.05) is 0 Å². The third kappa shape index (κ3) is 11.8. The van der Waals surface area contributed by atoms with Crippen molar-refractivity contribution in [2.24, 2.45) is 0 Å². The molecule has 0 atom stereocenters. The molecule has 0 saturated heterocycles. The zero-order valence-electron chi connectivity index (χ0n) is 31.5. The van der Waals surface area contributed by atoms with Crippen molar-refractivity contribution in [2.45, 2.75) is 0 Å². The first-order valence-electron chi connectivity index (χ1n) is 18.6. The van der Waals surface area contributed by atoms with Gasteiger partial charge in [0.25, 0.3) is 0 Å². The summed E-state index contributed by atoms with van der Waals surface area (Å²) < 4.78 is 8.52. The van der Waals surface area contributed by atoms with Crippen LogP contribution in [-0.4, -0.2) is 0 Å². The number of benzene rings is 8. The van der Waals surface area contributed by atoms with E-state index in [0.29, 0.717) is 0 Å². The normalized spacial score (nSPS) is 10.7. The highest BCUT2D eigenvalue weighted by Gasteiger charge is 2.18. The Morgan fingerprint density at radius 3 is 0.317 bits per heavy atom. The first-order valence-corrected chi connectivity index (χ1v) is 24.9. The summed E-state index contributed by atoms with van der Waals surface area (Å²) in [5.74, 6) is 0. The molecule has 0 amide bonds. The largest absolute Gasteiger partial charge is 0.0532 e. The van der Waals surface area contributed by atoms with Crippen molar-refractivity contribution >= 4 is 150 Å². The number of hydrogen-bond acceptors (Lipinski definition) is 0. The molecule has 0 nitrogen and oxygen atoms in total. The Balaban J connectivity index is 0.000000181. The van der Waals surface area contributed by atoms with Gasteiger partial charge in [-0.25, -0.2) is 0 Å². The van der Waals surface area contributed by atoms with Gasteiger partial charge in [-0.1, -0.05) is 225 Å². The zero-order chi connectivity index (χ0) is 42.2. The van der Waals surface area contributed by atoms with Crippen molar-refractivity contribution in [3.8, 4) is 0 Å². The maximum atomic E-state index is 3.57. The molecule has 0 fully saturated rings. The number of hydrogen-bond donors (Lipinski definition) is 0. The quantitative estimate of drug-likeness (QED) is 0.133. The molecular weight excluding hydrogens is 1260 g/mol. The van der Waals surface area contributed by atoms with Crippen LogP contribution in [0.2, 0.25) is 0 Å². The molecule has 8 rings (SSSR count). The highest BCUT2D eigenvalue weighted by atomic mass is 79.9. The van der Waals surface area contributed by atoms with Crippen LogP contribution in [0.4, 0.5) is 0 Å².